The second kappa shape index (κ2) is 6.95. The molecule has 0 bridgehead atoms. The van der Waals surface area contributed by atoms with Crippen LogP contribution < -0.4 is 0 Å². The molecule has 0 amide bonds. The van der Waals surface area contributed by atoms with E-state index in [0.717, 1.165) is 16.5 Å². The van der Waals surface area contributed by atoms with E-state index in [1.807, 2.05) is 6.07 Å². The van der Waals surface area contributed by atoms with Gasteiger partial charge in [-0.1, -0.05) is 25.1 Å². The summed E-state index contributed by atoms with van der Waals surface area (Å²) in [5, 5.41) is 0. The van der Waals surface area contributed by atoms with Crippen LogP contribution in [0.5, 0.6) is 0 Å². The predicted octanol–water partition coefficient (Wildman–Crippen LogP) is 4.23. The van der Waals surface area contributed by atoms with Gasteiger partial charge in [0.05, 0.1) is 11.4 Å². The first kappa shape index (κ1) is 18.8. The van der Waals surface area contributed by atoms with E-state index in [-0.39, 0.29) is 28.5 Å². The largest absolute Gasteiger partial charge is 0.461 e. The predicted molar refractivity (Wildman–Crippen MR) is 111 cm³/mol. The van der Waals surface area contributed by atoms with Crippen molar-refractivity contribution in [3.63, 3.8) is 0 Å². The third kappa shape index (κ3) is 3.15. The molecule has 1 aromatic carbocycles. The summed E-state index contributed by atoms with van der Waals surface area (Å²) in [6.45, 7) is 2.17. The summed E-state index contributed by atoms with van der Waals surface area (Å²) in [6.07, 6.45) is 5.83. The highest BCUT2D eigenvalue weighted by molar-refractivity contribution is 7.89. The van der Waals surface area contributed by atoms with E-state index in [1.54, 1.807) is 48.8 Å². The van der Waals surface area contributed by atoms with Crippen LogP contribution in [-0.4, -0.2) is 23.5 Å². The maximum atomic E-state index is 13.4. The van der Waals surface area contributed by atoms with Gasteiger partial charge >= 0.3 is 0 Å². The summed E-state index contributed by atoms with van der Waals surface area (Å²) in [6, 6.07) is 13.5. The second-order valence-corrected chi connectivity index (χ2v) is 9.62. The molecule has 7 heteroatoms. The molecule has 152 valence electrons. The van der Waals surface area contributed by atoms with Crippen molar-refractivity contribution in [2.45, 2.75) is 30.7 Å². The number of carbonyl (C=O) groups is 1. The topological polar surface area (TPSA) is 80.5 Å². The number of aromatic nitrogens is 1. The Morgan fingerprint density at radius 3 is 2.70 bits per heavy atom. The van der Waals surface area contributed by atoms with Crippen LogP contribution >= 0.6 is 0 Å². The number of sulfonamides is 1. The van der Waals surface area contributed by atoms with Crippen molar-refractivity contribution in [3.8, 4) is 0 Å². The molecule has 1 saturated carbocycles. The summed E-state index contributed by atoms with van der Waals surface area (Å²) in [5.74, 6) is 1.98. The van der Waals surface area contributed by atoms with Crippen LogP contribution in [0.2, 0.25) is 0 Å². The lowest BCUT2D eigenvalue weighted by Crippen LogP contribution is -2.38. The smallest absolute Gasteiger partial charge is 0.265 e. The summed E-state index contributed by atoms with van der Waals surface area (Å²) in [7, 11) is -3.91. The Morgan fingerprint density at radius 2 is 1.97 bits per heavy atom. The number of fused-ring (bicyclic) bond motifs is 1. The highest BCUT2D eigenvalue weighted by Crippen LogP contribution is 2.47. The molecule has 0 saturated heterocycles. The van der Waals surface area contributed by atoms with Gasteiger partial charge in [-0.25, -0.2) is 8.42 Å². The number of Topliss-reactive ketones (excluding diaryl/α,β-unsaturated/α-hetero) is 1. The average Bonchev–Trinajstić information content (AvgIpc) is 3.30. The number of hydrogen-bond donors (Lipinski definition) is 0. The number of pyridine rings is 1. The number of hydrogen-bond acceptors (Lipinski definition) is 5. The first-order chi connectivity index (χ1) is 14.4. The van der Waals surface area contributed by atoms with Crippen LogP contribution in [-0.2, 0) is 16.6 Å². The standard InChI is InChI=1S/C23H20N2O4S/c1-15-11-19(15)21-9-8-17(29-21)12-20-23(26)18-6-2-3-7-22(18)30(27,28)25(20)14-16-5-4-10-24-13-16/h2-10,12-13,15,19H,11,14H2,1H3/b20-12+/t15-,19-/m0/s1. The summed E-state index contributed by atoms with van der Waals surface area (Å²) in [4.78, 5) is 17.4. The quantitative estimate of drug-likeness (QED) is 0.590. The lowest BCUT2D eigenvalue weighted by molar-refractivity contribution is 0.100. The van der Waals surface area contributed by atoms with Crippen LogP contribution in [0.25, 0.3) is 6.08 Å². The van der Waals surface area contributed by atoms with E-state index >= 15 is 0 Å². The van der Waals surface area contributed by atoms with E-state index in [9.17, 15) is 13.2 Å². The molecule has 2 aromatic heterocycles. The molecule has 2 atom stereocenters. The number of benzene rings is 1. The lowest BCUT2D eigenvalue weighted by Gasteiger charge is -2.31. The first-order valence-corrected chi connectivity index (χ1v) is 11.3. The molecular formula is C23H20N2O4S. The summed E-state index contributed by atoms with van der Waals surface area (Å²) >= 11 is 0. The van der Waals surface area contributed by atoms with Crippen molar-refractivity contribution in [3.05, 3.63) is 89.3 Å². The Bertz CT molecular complexity index is 1260. The number of furan rings is 1. The highest BCUT2D eigenvalue weighted by atomic mass is 32.2. The number of ketones is 1. The Morgan fingerprint density at radius 1 is 1.17 bits per heavy atom. The van der Waals surface area contributed by atoms with Crippen molar-refractivity contribution in [1.29, 1.82) is 0 Å². The van der Waals surface area contributed by atoms with Gasteiger partial charge in [-0.05, 0) is 48.2 Å². The minimum Gasteiger partial charge on any atom is -0.461 e. The molecule has 3 aromatic rings. The molecule has 1 aliphatic heterocycles. The van der Waals surface area contributed by atoms with Crippen molar-refractivity contribution in [2.24, 2.45) is 5.92 Å². The molecule has 0 unspecified atom stereocenters. The average molecular weight is 420 g/mol. The van der Waals surface area contributed by atoms with Crippen molar-refractivity contribution >= 4 is 21.9 Å². The monoisotopic (exact) mass is 420 g/mol. The Hall–Kier alpha value is -3.19. The zero-order valence-electron chi connectivity index (χ0n) is 16.4. The second-order valence-electron chi connectivity index (χ2n) is 7.79. The SMILES string of the molecule is C[C@H]1C[C@@H]1c1ccc(/C=C2\C(=O)c3ccccc3S(=O)(=O)N2Cc2cccnc2)o1. The van der Waals surface area contributed by atoms with E-state index in [1.165, 1.54) is 12.1 Å². The normalized spacial score (nSPS) is 23.4. The van der Waals surface area contributed by atoms with Gasteiger partial charge in [0, 0.05) is 30.0 Å². The van der Waals surface area contributed by atoms with Crippen LogP contribution in [0, 0.1) is 5.92 Å². The number of nitrogens with zero attached hydrogens (tertiary/aromatic N) is 2. The van der Waals surface area contributed by atoms with E-state index in [0.29, 0.717) is 23.2 Å². The fourth-order valence-corrected chi connectivity index (χ4v) is 5.48. The molecule has 2 aliphatic rings. The van der Waals surface area contributed by atoms with Gasteiger partial charge in [0.2, 0.25) is 5.78 Å². The Balaban J connectivity index is 1.62. The van der Waals surface area contributed by atoms with Gasteiger partial charge in [0.15, 0.2) is 0 Å². The lowest BCUT2D eigenvalue weighted by atomic mass is 10.1. The molecular weight excluding hydrogens is 400 g/mol. The maximum Gasteiger partial charge on any atom is 0.265 e. The van der Waals surface area contributed by atoms with Crippen LogP contribution in [0.4, 0.5) is 0 Å². The third-order valence-corrected chi connectivity index (χ3v) is 7.47. The third-order valence-electron chi connectivity index (χ3n) is 5.65. The molecule has 1 fully saturated rings. The molecule has 30 heavy (non-hydrogen) atoms. The molecule has 0 N–H and O–H groups in total. The molecule has 1 aliphatic carbocycles. The Labute approximate surface area is 174 Å². The van der Waals surface area contributed by atoms with Gasteiger partial charge in [0.25, 0.3) is 10.0 Å². The first-order valence-electron chi connectivity index (χ1n) is 9.82. The van der Waals surface area contributed by atoms with Crippen LogP contribution in [0.3, 0.4) is 0 Å². The van der Waals surface area contributed by atoms with E-state index in [4.69, 9.17) is 4.42 Å². The van der Waals surface area contributed by atoms with Gasteiger partial charge in [0.1, 0.15) is 17.2 Å². The van der Waals surface area contributed by atoms with E-state index in [2.05, 4.69) is 11.9 Å². The molecule has 0 spiro atoms. The van der Waals surface area contributed by atoms with Gasteiger partial charge < -0.3 is 4.42 Å². The van der Waals surface area contributed by atoms with Gasteiger partial charge in [-0.3, -0.25) is 14.1 Å². The number of allylic oxidation sites excluding steroid dienone is 1. The summed E-state index contributed by atoms with van der Waals surface area (Å²) in [5.41, 5.74) is 0.933. The molecule has 0 radical (unpaired) electrons. The molecule has 3 heterocycles. The molecule has 5 rings (SSSR count). The fraction of sp³-hybridized carbons (Fsp3) is 0.217. The van der Waals surface area contributed by atoms with Gasteiger partial charge in [-0.2, -0.15) is 0 Å². The number of rotatable bonds is 4. The van der Waals surface area contributed by atoms with Crippen LogP contribution in [0.15, 0.2) is 75.9 Å². The number of carbonyl (C=O) groups excluding carboxylic acids is 1. The van der Waals surface area contributed by atoms with Crippen molar-refractivity contribution in [1.82, 2.24) is 9.29 Å². The highest BCUT2D eigenvalue weighted by Gasteiger charge is 2.40. The van der Waals surface area contributed by atoms with Crippen LogP contribution in [0.1, 0.15) is 46.7 Å². The Kier molecular flexibility index (Phi) is 4.36. The van der Waals surface area contributed by atoms with E-state index < -0.39 is 10.0 Å². The minimum atomic E-state index is -3.91. The fourth-order valence-electron chi connectivity index (χ4n) is 3.84. The summed E-state index contributed by atoms with van der Waals surface area (Å²) < 4.78 is 33.9. The van der Waals surface area contributed by atoms with Crippen molar-refractivity contribution < 1.29 is 17.6 Å². The molecule has 6 nitrogen and oxygen atoms in total. The zero-order chi connectivity index (χ0) is 20.9. The van der Waals surface area contributed by atoms with Gasteiger partial charge in [-0.15, -0.1) is 0 Å². The zero-order valence-corrected chi connectivity index (χ0v) is 17.2. The maximum absolute atomic E-state index is 13.4. The van der Waals surface area contributed by atoms with Crippen molar-refractivity contribution in [2.75, 3.05) is 0 Å². The minimum absolute atomic E-state index is 0.00923.